The van der Waals surface area contributed by atoms with Crippen molar-refractivity contribution in [3.05, 3.63) is 16.4 Å². The van der Waals surface area contributed by atoms with Gasteiger partial charge in [-0.15, -0.1) is 0 Å². The molecular formula is C10H17N5O3. The van der Waals surface area contributed by atoms with Crippen molar-refractivity contribution in [2.75, 3.05) is 23.8 Å². The van der Waals surface area contributed by atoms with E-state index < -0.39 is 4.92 Å². The number of anilines is 2. The van der Waals surface area contributed by atoms with Crippen molar-refractivity contribution >= 4 is 17.3 Å². The van der Waals surface area contributed by atoms with Gasteiger partial charge < -0.3 is 15.7 Å². The molecule has 0 fully saturated rings. The zero-order chi connectivity index (χ0) is 13.5. The third-order valence-electron chi connectivity index (χ3n) is 2.20. The zero-order valence-corrected chi connectivity index (χ0v) is 10.4. The summed E-state index contributed by atoms with van der Waals surface area (Å²) in [7, 11) is 0. The fourth-order valence-corrected chi connectivity index (χ4v) is 1.31. The molecule has 0 bridgehead atoms. The predicted molar refractivity (Wildman–Crippen MR) is 67.6 cm³/mol. The summed E-state index contributed by atoms with van der Waals surface area (Å²) < 4.78 is 0. The molecular weight excluding hydrogens is 238 g/mol. The Morgan fingerprint density at radius 2 is 2.17 bits per heavy atom. The second-order valence-corrected chi connectivity index (χ2v) is 3.83. The molecule has 18 heavy (non-hydrogen) atoms. The molecule has 0 aliphatic heterocycles. The monoisotopic (exact) mass is 255 g/mol. The van der Waals surface area contributed by atoms with Gasteiger partial charge in [-0.05, 0) is 13.3 Å². The third-order valence-corrected chi connectivity index (χ3v) is 2.20. The number of aliphatic hydroxyl groups is 1. The topological polar surface area (TPSA) is 113 Å². The lowest BCUT2D eigenvalue weighted by Crippen LogP contribution is -2.21. The molecule has 0 aliphatic carbocycles. The van der Waals surface area contributed by atoms with Crippen LogP contribution >= 0.6 is 0 Å². The van der Waals surface area contributed by atoms with E-state index in [1.54, 1.807) is 6.92 Å². The van der Waals surface area contributed by atoms with Crippen LogP contribution in [0.2, 0.25) is 0 Å². The van der Waals surface area contributed by atoms with Crippen LogP contribution in [0.3, 0.4) is 0 Å². The molecule has 1 aromatic rings. The molecule has 1 atom stereocenters. The third kappa shape index (κ3) is 3.52. The van der Waals surface area contributed by atoms with Crippen LogP contribution in [0, 0.1) is 10.1 Å². The molecule has 0 aromatic carbocycles. The van der Waals surface area contributed by atoms with Crippen LogP contribution in [-0.2, 0) is 0 Å². The molecule has 1 aromatic heterocycles. The molecule has 1 heterocycles. The molecule has 0 saturated heterocycles. The van der Waals surface area contributed by atoms with Gasteiger partial charge in [0.05, 0.1) is 11.5 Å². The van der Waals surface area contributed by atoms with E-state index >= 15 is 0 Å². The summed E-state index contributed by atoms with van der Waals surface area (Å²) in [6.07, 6.45) is 2.08. The van der Waals surface area contributed by atoms with E-state index in [0.717, 1.165) is 6.42 Å². The van der Waals surface area contributed by atoms with Crippen LogP contribution in [0.4, 0.5) is 17.3 Å². The van der Waals surface area contributed by atoms with E-state index in [1.165, 1.54) is 6.33 Å². The van der Waals surface area contributed by atoms with Crippen LogP contribution in [-0.4, -0.2) is 39.2 Å². The van der Waals surface area contributed by atoms with Crippen molar-refractivity contribution in [1.29, 1.82) is 0 Å². The Kier molecular flexibility index (Phi) is 5.25. The number of nitrogens with one attached hydrogen (secondary N) is 2. The number of aliphatic hydroxyl groups excluding tert-OH is 1. The highest BCUT2D eigenvalue weighted by Gasteiger charge is 2.23. The summed E-state index contributed by atoms with van der Waals surface area (Å²) in [5, 5.41) is 25.7. The van der Waals surface area contributed by atoms with Gasteiger partial charge in [0.1, 0.15) is 6.33 Å². The van der Waals surface area contributed by atoms with E-state index in [0.29, 0.717) is 6.54 Å². The highest BCUT2D eigenvalue weighted by atomic mass is 16.6. The fraction of sp³-hybridized carbons (Fsp3) is 0.600. The number of hydrogen-bond donors (Lipinski definition) is 3. The van der Waals surface area contributed by atoms with Crippen molar-refractivity contribution in [1.82, 2.24) is 9.97 Å². The SMILES string of the molecule is CCCNc1ncnc(NC(C)CO)c1[N+](=O)[O-]. The first-order valence-electron chi connectivity index (χ1n) is 5.70. The van der Waals surface area contributed by atoms with Gasteiger partial charge in [0, 0.05) is 12.6 Å². The van der Waals surface area contributed by atoms with Crippen molar-refractivity contribution in [2.24, 2.45) is 0 Å². The fourth-order valence-electron chi connectivity index (χ4n) is 1.31. The minimum atomic E-state index is -0.537. The minimum absolute atomic E-state index is 0.107. The van der Waals surface area contributed by atoms with Gasteiger partial charge in [-0.1, -0.05) is 6.92 Å². The quantitative estimate of drug-likeness (QED) is 0.492. The molecule has 0 aliphatic rings. The molecule has 8 heteroatoms. The molecule has 3 N–H and O–H groups in total. The molecule has 0 spiro atoms. The number of nitrogens with zero attached hydrogens (tertiary/aromatic N) is 3. The summed E-state index contributed by atoms with van der Waals surface area (Å²) in [5.74, 6) is 0.291. The lowest BCUT2D eigenvalue weighted by molar-refractivity contribution is -0.383. The lowest BCUT2D eigenvalue weighted by Gasteiger charge is -2.12. The second-order valence-electron chi connectivity index (χ2n) is 3.83. The summed E-state index contributed by atoms with van der Waals surface area (Å²) in [6.45, 7) is 4.10. The van der Waals surface area contributed by atoms with Gasteiger partial charge in [-0.2, -0.15) is 0 Å². The molecule has 8 nitrogen and oxygen atoms in total. The lowest BCUT2D eigenvalue weighted by atomic mass is 10.3. The molecule has 0 radical (unpaired) electrons. The Morgan fingerprint density at radius 1 is 1.50 bits per heavy atom. The average Bonchev–Trinajstić information content (AvgIpc) is 2.35. The number of hydrogen-bond acceptors (Lipinski definition) is 7. The minimum Gasteiger partial charge on any atom is -0.394 e. The van der Waals surface area contributed by atoms with Crippen LogP contribution < -0.4 is 10.6 Å². The standard InChI is InChI=1S/C10H17N5O3/c1-3-4-11-9-8(15(17)18)10(13-6-12-9)14-7(2)5-16/h6-7,16H,3-5H2,1-2H3,(H2,11,12,13,14). The summed E-state index contributed by atoms with van der Waals surface area (Å²) in [6, 6.07) is -0.322. The average molecular weight is 255 g/mol. The van der Waals surface area contributed by atoms with Crippen molar-refractivity contribution in [2.45, 2.75) is 26.3 Å². The van der Waals surface area contributed by atoms with E-state index in [-0.39, 0.29) is 30.0 Å². The van der Waals surface area contributed by atoms with Gasteiger partial charge in [0.2, 0.25) is 11.6 Å². The number of rotatable bonds is 7. The van der Waals surface area contributed by atoms with Gasteiger partial charge in [-0.3, -0.25) is 10.1 Å². The van der Waals surface area contributed by atoms with E-state index in [9.17, 15) is 10.1 Å². The van der Waals surface area contributed by atoms with Gasteiger partial charge in [0.15, 0.2) is 0 Å². The van der Waals surface area contributed by atoms with E-state index in [1.807, 2.05) is 6.92 Å². The van der Waals surface area contributed by atoms with Gasteiger partial charge in [-0.25, -0.2) is 9.97 Å². The summed E-state index contributed by atoms with van der Waals surface area (Å²) >= 11 is 0. The van der Waals surface area contributed by atoms with Gasteiger partial charge >= 0.3 is 5.69 Å². The van der Waals surface area contributed by atoms with Crippen LogP contribution in [0.1, 0.15) is 20.3 Å². The molecule has 0 amide bonds. The van der Waals surface area contributed by atoms with Gasteiger partial charge in [0.25, 0.3) is 0 Å². The van der Waals surface area contributed by atoms with Crippen molar-refractivity contribution in [3.63, 3.8) is 0 Å². The summed E-state index contributed by atoms with van der Waals surface area (Å²) in [4.78, 5) is 18.2. The first kappa shape index (κ1) is 14.1. The van der Waals surface area contributed by atoms with Crippen molar-refractivity contribution in [3.8, 4) is 0 Å². The maximum atomic E-state index is 11.1. The molecule has 1 rings (SSSR count). The largest absolute Gasteiger partial charge is 0.394 e. The highest BCUT2D eigenvalue weighted by molar-refractivity contribution is 5.69. The van der Waals surface area contributed by atoms with Crippen LogP contribution in [0.25, 0.3) is 0 Å². The molecule has 1 unspecified atom stereocenters. The Morgan fingerprint density at radius 3 is 2.72 bits per heavy atom. The van der Waals surface area contributed by atoms with Crippen molar-refractivity contribution < 1.29 is 10.0 Å². The first-order valence-corrected chi connectivity index (χ1v) is 5.70. The first-order chi connectivity index (χ1) is 8.60. The maximum absolute atomic E-state index is 11.1. The predicted octanol–water partition coefficient (Wildman–Crippen LogP) is 0.999. The number of nitro groups is 1. The van der Waals surface area contributed by atoms with Crippen LogP contribution in [0.15, 0.2) is 6.33 Å². The van der Waals surface area contributed by atoms with Crippen LogP contribution in [0.5, 0.6) is 0 Å². The Hall–Kier alpha value is -1.96. The second kappa shape index (κ2) is 6.70. The molecule has 100 valence electrons. The summed E-state index contributed by atoms with van der Waals surface area (Å²) in [5.41, 5.74) is -0.203. The normalized spacial score (nSPS) is 11.9. The van der Waals surface area contributed by atoms with E-state index in [4.69, 9.17) is 5.11 Å². The Labute approximate surface area is 105 Å². The Balaban J connectivity index is 3.05. The smallest absolute Gasteiger partial charge is 0.353 e. The number of aromatic nitrogens is 2. The molecule has 0 saturated carbocycles. The highest BCUT2D eigenvalue weighted by Crippen LogP contribution is 2.29. The zero-order valence-electron chi connectivity index (χ0n) is 10.4. The Bertz CT molecular complexity index is 412. The maximum Gasteiger partial charge on any atom is 0.353 e. The van der Waals surface area contributed by atoms with E-state index in [2.05, 4.69) is 20.6 Å².